The van der Waals surface area contributed by atoms with Gasteiger partial charge in [0.15, 0.2) is 9.84 Å². The quantitative estimate of drug-likeness (QED) is 0.588. The Hall–Kier alpha value is -1.97. The number of hydrazone groups is 1. The van der Waals surface area contributed by atoms with Crippen molar-refractivity contribution in [3.05, 3.63) is 0 Å². The molecular weight excluding hydrogens is 456 g/mol. The maximum atomic E-state index is 13.6. The zero-order valence-corrected chi connectivity index (χ0v) is 20.5. The summed E-state index contributed by atoms with van der Waals surface area (Å²) in [5, 5.41) is 5.57. The molecule has 3 aliphatic heterocycles. The summed E-state index contributed by atoms with van der Waals surface area (Å²) >= 11 is 0. The van der Waals surface area contributed by atoms with E-state index in [4.69, 9.17) is 0 Å². The van der Waals surface area contributed by atoms with Crippen LogP contribution in [0.2, 0.25) is 0 Å². The van der Waals surface area contributed by atoms with Gasteiger partial charge in [0, 0.05) is 39.0 Å². The second-order valence-corrected chi connectivity index (χ2v) is 13.9. The molecule has 1 unspecified atom stereocenters. The van der Waals surface area contributed by atoms with E-state index in [0.29, 0.717) is 44.2 Å². The van der Waals surface area contributed by atoms with Crippen LogP contribution in [0.25, 0.3) is 0 Å². The Morgan fingerprint density at radius 2 is 1.47 bits per heavy atom. The van der Waals surface area contributed by atoms with Gasteiger partial charge in [0.25, 0.3) is 5.91 Å². The highest BCUT2D eigenvalue weighted by atomic mass is 32.2. The smallest absolute Gasteiger partial charge is 0.270 e. The summed E-state index contributed by atoms with van der Waals surface area (Å²) in [6, 6.07) is -0.477. The third-order valence-electron chi connectivity index (χ3n) is 9.21. The van der Waals surface area contributed by atoms with Gasteiger partial charge in [-0.3, -0.25) is 14.4 Å². The largest absolute Gasteiger partial charge is 0.339 e. The number of hydrogen-bond acceptors (Lipinski definition) is 6. The molecule has 4 aliphatic carbocycles. The van der Waals surface area contributed by atoms with Crippen molar-refractivity contribution in [2.24, 2.45) is 28.3 Å². The zero-order chi connectivity index (χ0) is 23.7. The first-order chi connectivity index (χ1) is 16.2. The third-order valence-corrected chi connectivity index (χ3v) is 11.0. The first-order valence-corrected chi connectivity index (χ1v) is 14.7. The topological polar surface area (TPSA) is 107 Å². The van der Waals surface area contributed by atoms with E-state index in [1.165, 1.54) is 24.3 Å². The number of rotatable bonds is 3. The van der Waals surface area contributed by atoms with Crippen LogP contribution in [-0.4, -0.2) is 90.4 Å². The second kappa shape index (κ2) is 8.03. The Labute approximate surface area is 200 Å². The molecule has 0 radical (unpaired) electrons. The lowest BCUT2D eigenvalue weighted by atomic mass is 9.49. The van der Waals surface area contributed by atoms with E-state index in [0.717, 1.165) is 37.0 Å². The van der Waals surface area contributed by atoms with Crippen molar-refractivity contribution in [2.75, 3.05) is 37.7 Å². The number of piperazine rings is 1. The highest BCUT2D eigenvalue weighted by Gasteiger charge is 2.55. The van der Waals surface area contributed by atoms with Crippen LogP contribution >= 0.6 is 0 Å². The van der Waals surface area contributed by atoms with Crippen molar-refractivity contribution in [1.29, 1.82) is 0 Å². The van der Waals surface area contributed by atoms with E-state index >= 15 is 0 Å². The van der Waals surface area contributed by atoms with Crippen molar-refractivity contribution in [3.8, 4) is 0 Å². The summed E-state index contributed by atoms with van der Waals surface area (Å²) in [5.74, 6) is 2.04. The van der Waals surface area contributed by atoms with Gasteiger partial charge in [-0.15, -0.1) is 0 Å². The summed E-state index contributed by atoms with van der Waals surface area (Å²) in [4.78, 5) is 42.9. The van der Waals surface area contributed by atoms with Crippen LogP contribution in [0.3, 0.4) is 0 Å². The molecule has 0 aromatic heterocycles. The standard InChI is InChI=1S/C24H34N4O5S/c29-21-2-1-20(25-28(21)19-3-8-34(32,33)15-19)22(30)26-4-6-27(7-5-26)23(31)24-12-16-9-17(13-24)11-18(10-16)14-24/h16-19H,1-15H2. The van der Waals surface area contributed by atoms with Crippen LogP contribution in [0.1, 0.15) is 57.8 Å². The second-order valence-electron chi connectivity index (χ2n) is 11.6. The molecule has 2 saturated heterocycles. The van der Waals surface area contributed by atoms with E-state index in [9.17, 15) is 22.8 Å². The Kier molecular flexibility index (Phi) is 5.31. The van der Waals surface area contributed by atoms with Gasteiger partial charge in [0.1, 0.15) is 5.71 Å². The number of hydrogen-bond donors (Lipinski definition) is 0. The molecule has 7 aliphatic rings. The molecule has 0 aromatic carbocycles. The van der Waals surface area contributed by atoms with Gasteiger partial charge in [-0.2, -0.15) is 5.10 Å². The highest BCUT2D eigenvalue weighted by Crippen LogP contribution is 2.60. The van der Waals surface area contributed by atoms with E-state index in [-0.39, 0.29) is 41.6 Å². The third kappa shape index (κ3) is 3.85. The molecule has 3 heterocycles. The van der Waals surface area contributed by atoms with E-state index in [1.54, 1.807) is 4.90 Å². The molecule has 4 saturated carbocycles. The van der Waals surface area contributed by atoms with Crippen LogP contribution in [0.5, 0.6) is 0 Å². The Balaban J connectivity index is 1.09. The van der Waals surface area contributed by atoms with Crippen LogP contribution in [0.15, 0.2) is 5.10 Å². The summed E-state index contributed by atoms with van der Waals surface area (Å²) in [6.07, 6.45) is 7.89. The molecule has 7 rings (SSSR count). The lowest BCUT2D eigenvalue weighted by molar-refractivity contribution is -0.160. The van der Waals surface area contributed by atoms with Crippen LogP contribution in [-0.2, 0) is 24.2 Å². The molecule has 6 fully saturated rings. The average molecular weight is 491 g/mol. The molecule has 186 valence electrons. The molecule has 0 aromatic rings. The summed E-state index contributed by atoms with van der Waals surface area (Å²) in [7, 11) is -3.15. The summed E-state index contributed by atoms with van der Waals surface area (Å²) in [5.41, 5.74) is 0.168. The number of amides is 3. The van der Waals surface area contributed by atoms with Gasteiger partial charge >= 0.3 is 0 Å². The minimum absolute atomic E-state index is 0.0555. The van der Waals surface area contributed by atoms with Gasteiger partial charge in [0.2, 0.25) is 11.8 Å². The molecule has 0 spiro atoms. The number of nitrogens with zero attached hydrogens (tertiary/aromatic N) is 4. The zero-order valence-electron chi connectivity index (χ0n) is 19.7. The van der Waals surface area contributed by atoms with Gasteiger partial charge in [-0.1, -0.05) is 0 Å². The maximum absolute atomic E-state index is 13.6. The molecule has 3 amide bonds. The Morgan fingerprint density at radius 3 is 2.03 bits per heavy atom. The first kappa shape index (κ1) is 22.5. The van der Waals surface area contributed by atoms with Gasteiger partial charge in [0.05, 0.1) is 23.0 Å². The predicted octanol–water partition coefficient (Wildman–Crippen LogP) is 1.04. The molecule has 10 heteroatoms. The lowest BCUT2D eigenvalue weighted by Gasteiger charge is -2.57. The fourth-order valence-electron chi connectivity index (χ4n) is 7.98. The van der Waals surface area contributed by atoms with Crippen molar-refractivity contribution in [1.82, 2.24) is 14.8 Å². The van der Waals surface area contributed by atoms with Crippen molar-refractivity contribution < 1.29 is 22.8 Å². The molecule has 1 atom stereocenters. The minimum Gasteiger partial charge on any atom is -0.339 e. The van der Waals surface area contributed by atoms with Crippen molar-refractivity contribution >= 4 is 33.3 Å². The predicted molar refractivity (Wildman–Crippen MR) is 124 cm³/mol. The fraction of sp³-hybridized carbons (Fsp3) is 0.833. The average Bonchev–Trinajstić information content (AvgIpc) is 3.17. The Bertz CT molecular complexity index is 1010. The first-order valence-electron chi connectivity index (χ1n) is 12.9. The van der Waals surface area contributed by atoms with Crippen LogP contribution in [0.4, 0.5) is 0 Å². The van der Waals surface area contributed by atoms with E-state index in [1.807, 2.05) is 4.90 Å². The molecule has 4 bridgehead atoms. The van der Waals surface area contributed by atoms with Crippen LogP contribution in [0, 0.1) is 23.2 Å². The summed E-state index contributed by atoms with van der Waals surface area (Å²) < 4.78 is 23.7. The number of sulfone groups is 1. The number of carbonyl (C=O) groups is 3. The fourth-order valence-corrected chi connectivity index (χ4v) is 9.67. The molecule has 34 heavy (non-hydrogen) atoms. The van der Waals surface area contributed by atoms with Crippen molar-refractivity contribution in [3.63, 3.8) is 0 Å². The Morgan fingerprint density at radius 1 is 0.882 bits per heavy atom. The normalized spacial score (nSPS) is 38.9. The molecule has 9 nitrogen and oxygen atoms in total. The van der Waals surface area contributed by atoms with E-state index < -0.39 is 15.9 Å². The SMILES string of the molecule is O=C(C1=NN(C2CCS(=O)(=O)C2)C(=O)CC1)N1CCN(C(=O)C23CC4CC(CC(C4)C2)C3)CC1. The monoisotopic (exact) mass is 490 g/mol. The highest BCUT2D eigenvalue weighted by molar-refractivity contribution is 7.91. The minimum atomic E-state index is -3.15. The van der Waals surface area contributed by atoms with Gasteiger partial charge < -0.3 is 9.80 Å². The number of carbonyl (C=O) groups excluding carboxylic acids is 3. The van der Waals surface area contributed by atoms with E-state index in [2.05, 4.69) is 5.10 Å². The maximum Gasteiger partial charge on any atom is 0.270 e. The van der Waals surface area contributed by atoms with Crippen LogP contribution < -0.4 is 0 Å². The summed E-state index contributed by atoms with van der Waals surface area (Å²) in [6.45, 7) is 2.04. The lowest BCUT2D eigenvalue weighted by Crippen LogP contribution is -2.59. The molecule has 0 N–H and O–H groups in total. The van der Waals surface area contributed by atoms with Gasteiger partial charge in [-0.05, 0) is 62.7 Å². The van der Waals surface area contributed by atoms with Crippen molar-refractivity contribution in [2.45, 2.75) is 63.8 Å². The van der Waals surface area contributed by atoms with Gasteiger partial charge in [-0.25, -0.2) is 13.4 Å². The molecular formula is C24H34N4O5S.